The second-order valence-electron chi connectivity index (χ2n) is 12.2. The minimum atomic E-state index is -4.29. The molecule has 0 aromatic heterocycles. The average molecular weight is 765 g/mol. The van der Waals surface area contributed by atoms with Crippen LogP contribution in [0.3, 0.4) is 0 Å². The molecule has 0 aliphatic heterocycles. The van der Waals surface area contributed by atoms with Gasteiger partial charge in [-0.2, -0.15) is 23.8 Å². The van der Waals surface area contributed by atoms with Gasteiger partial charge in [-0.05, 0) is 122 Å². The zero-order valence-corrected chi connectivity index (χ0v) is 31.0. The third-order valence-corrected chi connectivity index (χ3v) is 9.91. The van der Waals surface area contributed by atoms with Gasteiger partial charge >= 0.3 is 0 Å². The Morgan fingerprint density at radius 2 is 1.39 bits per heavy atom. The Labute approximate surface area is 316 Å². The number of anilines is 3. The number of hydrogen-bond donors (Lipinski definition) is 4. The van der Waals surface area contributed by atoms with E-state index in [1.54, 1.807) is 36.4 Å². The Hall–Kier alpha value is -5.68. The quantitative estimate of drug-likeness (QED) is 0.0274. The fourth-order valence-corrected chi connectivity index (χ4v) is 6.80. The molecule has 0 amide bonds. The molecule has 0 fully saturated rings. The molecule has 15 heteroatoms. The molecule has 6 aromatic rings. The highest BCUT2D eigenvalue weighted by atomic mass is 32.2. The van der Waals surface area contributed by atoms with Crippen molar-refractivity contribution in [1.82, 2.24) is 0 Å². The van der Waals surface area contributed by atoms with Crippen molar-refractivity contribution in [3.63, 3.8) is 0 Å². The Balaban J connectivity index is 1.20. The van der Waals surface area contributed by atoms with Crippen molar-refractivity contribution in [2.75, 3.05) is 16.8 Å². The molecule has 0 radical (unpaired) electrons. The number of phenols is 1. The van der Waals surface area contributed by atoms with Gasteiger partial charge in [0.25, 0.3) is 10.1 Å². The van der Waals surface area contributed by atoms with Crippen LogP contribution in [-0.2, 0) is 26.0 Å². The monoisotopic (exact) mass is 764 g/mol. The fraction of sp³-hybridized carbons (Fsp3) is 0.128. The molecule has 0 saturated heterocycles. The third-order valence-electron chi connectivity index (χ3n) is 8.51. The Kier molecular flexibility index (Phi) is 12.0. The van der Waals surface area contributed by atoms with Crippen LogP contribution in [0.2, 0.25) is 0 Å². The van der Waals surface area contributed by atoms with Gasteiger partial charge in [0.2, 0.25) is 0 Å². The Morgan fingerprint density at radius 3 is 2.00 bits per heavy atom. The lowest BCUT2D eigenvalue weighted by atomic mass is 10.0. The first-order chi connectivity index (χ1) is 26.0. The zero-order valence-electron chi connectivity index (χ0n) is 29.4. The SMILES string of the molecule is CCN(Cc1cccc(S(=O)(=O)O)c1)c1ccc(N=Nc2ccc(N=Nc3c(Nc4c(C)cccc4C)ccc4cc(SOOO)cc(O)c34)cc2)cc1. The van der Waals surface area contributed by atoms with Crippen LogP contribution in [0.25, 0.3) is 10.8 Å². The average Bonchev–Trinajstić information content (AvgIpc) is 3.16. The maximum absolute atomic E-state index is 11.6. The van der Waals surface area contributed by atoms with Crippen molar-refractivity contribution in [1.29, 1.82) is 0 Å². The minimum absolute atomic E-state index is 0.0627. The largest absolute Gasteiger partial charge is 0.507 e. The van der Waals surface area contributed by atoms with E-state index < -0.39 is 10.1 Å². The summed E-state index contributed by atoms with van der Waals surface area (Å²) in [6.07, 6.45) is 0. The summed E-state index contributed by atoms with van der Waals surface area (Å²) in [6.45, 7) is 7.14. The van der Waals surface area contributed by atoms with E-state index in [1.165, 1.54) is 18.2 Å². The van der Waals surface area contributed by atoms with Gasteiger partial charge in [0.1, 0.15) is 11.4 Å². The molecule has 0 atom stereocenters. The summed E-state index contributed by atoms with van der Waals surface area (Å²) >= 11 is 0.741. The number of hydrogen-bond acceptors (Lipinski definition) is 13. The number of aromatic hydroxyl groups is 1. The smallest absolute Gasteiger partial charge is 0.294 e. The van der Waals surface area contributed by atoms with E-state index in [0.29, 0.717) is 57.2 Å². The number of para-hydroxylation sites is 1. The number of nitrogens with one attached hydrogen (secondary N) is 1. The van der Waals surface area contributed by atoms with Crippen LogP contribution in [0, 0.1) is 13.8 Å². The molecule has 0 saturated carbocycles. The first-order valence-electron chi connectivity index (χ1n) is 16.6. The molecule has 0 unspecified atom stereocenters. The topological polar surface area (TPSA) is 178 Å². The number of azo groups is 2. The number of benzene rings is 6. The zero-order chi connectivity index (χ0) is 38.2. The van der Waals surface area contributed by atoms with E-state index in [2.05, 4.69) is 40.0 Å². The third kappa shape index (κ3) is 9.27. The summed E-state index contributed by atoms with van der Waals surface area (Å²) in [7, 11) is -4.29. The van der Waals surface area contributed by atoms with Gasteiger partial charge < -0.3 is 15.3 Å². The predicted octanol–water partition coefficient (Wildman–Crippen LogP) is 11.4. The second kappa shape index (κ2) is 17.0. The summed E-state index contributed by atoms with van der Waals surface area (Å²) in [5.74, 6) is -0.0627. The molecule has 6 rings (SSSR count). The summed E-state index contributed by atoms with van der Waals surface area (Å²) in [4.78, 5) is 2.43. The highest BCUT2D eigenvalue weighted by Crippen LogP contribution is 2.44. The van der Waals surface area contributed by atoms with Crippen molar-refractivity contribution in [2.45, 2.75) is 37.1 Å². The van der Waals surface area contributed by atoms with Crippen LogP contribution in [0.15, 0.2) is 146 Å². The lowest BCUT2D eigenvalue weighted by Crippen LogP contribution is -2.22. The normalized spacial score (nSPS) is 11.9. The van der Waals surface area contributed by atoms with Crippen LogP contribution in [0.4, 0.5) is 39.8 Å². The maximum atomic E-state index is 11.6. The number of aryl methyl sites for hydroxylation is 2. The molecule has 0 bridgehead atoms. The molecule has 0 aliphatic rings. The molecule has 276 valence electrons. The molecule has 54 heavy (non-hydrogen) atoms. The number of rotatable bonds is 14. The molecule has 13 nitrogen and oxygen atoms in total. The molecule has 0 spiro atoms. The first kappa shape index (κ1) is 38.1. The first-order valence-corrected chi connectivity index (χ1v) is 18.8. The van der Waals surface area contributed by atoms with Crippen LogP contribution < -0.4 is 10.2 Å². The number of fused-ring (bicyclic) bond motifs is 1. The van der Waals surface area contributed by atoms with E-state index in [0.717, 1.165) is 40.1 Å². The van der Waals surface area contributed by atoms with Gasteiger partial charge in [0, 0.05) is 29.4 Å². The van der Waals surface area contributed by atoms with Gasteiger partial charge in [-0.15, -0.1) is 9.45 Å². The van der Waals surface area contributed by atoms with Gasteiger partial charge in [-0.25, -0.2) is 5.26 Å². The van der Waals surface area contributed by atoms with Crippen molar-refractivity contribution in [3.05, 3.63) is 132 Å². The van der Waals surface area contributed by atoms with Gasteiger partial charge in [-0.3, -0.25) is 4.55 Å². The number of nitrogens with zero attached hydrogens (tertiary/aromatic N) is 5. The highest BCUT2D eigenvalue weighted by Gasteiger charge is 2.16. The van der Waals surface area contributed by atoms with Crippen molar-refractivity contribution in [3.8, 4) is 5.75 Å². The lowest BCUT2D eigenvalue weighted by Gasteiger charge is -2.23. The summed E-state index contributed by atoms with van der Waals surface area (Å²) in [5.41, 5.74) is 7.53. The molecular weight excluding hydrogens is 729 g/mol. The van der Waals surface area contributed by atoms with E-state index in [1.807, 2.05) is 81.4 Å². The Morgan fingerprint density at radius 1 is 0.778 bits per heavy atom. The maximum Gasteiger partial charge on any atom is 0.294 e. The molecule has 0 aliphatic carbocycles. The van der Waals surface area contributed by atoms with E-state index in [4.69, 9.17) is 5.26 Å². The standard InChI is InChI=1S/C39H36N6O7S2/c1-4-45(24-27-9-6-10-34(21-27)54(48,49)50)32-18-16-31(17-19-32)42-41-29-12-14-30(15-13-29)43-44-39-35(40-38-25(2)7-5-8-26(38)3)20-11-28-22-33(53-52-51-47)23-36(46)37(28)39/h5-23,40,46-47H,4,24H2,1-3H3,(H,48,49,50). The molecule has 4 N–H and O–H groups in total. The van der Waals surface area contributed by atoms with Gasteiger partial charge in [0.05, 0.1) is 45.1 Å². The Bertz CT molecular complexity index is 2420. The van der Waals surface area contributed by atoms with E-state index >= 15 is 0 Å². The van der Waals surface area contributed by atoms with Crippen molar-refractivity contribution in [2.24, 2.45) is 20.5 Å². The fourth-order valence-electron chi connectivity index (χ4n) is 5.80. The molecular formula is C39H36N6O7S2. The van der Waals surface area contributed by atoms with Crippen molar-refractivity contribution < 1.29 is 32.7 Å². The summed E-state index contributed by atoms with van der Waals surface area (Å²) in [5, 5.41) is 45.9. The van der Waals surface area contributed by atoms with Gasteiger partial charge in [-0.1, -0.05) is 41.4 Å². The highest BCUT2D eigenvalue weighted by molar-refractivity contribution is 7.94. The summed E-state index contributed by atoms with van der Waals surface area (Å²) in [6, 6.07) is 33.8. The molecule has 0 heterocycles. The van der Waals surface area contributed by atoms with Crippen LogP contribution >= 0.6 is 12.0 Å². The number of phenolic OH excluding ortho intramolecular Hbond substituents is 1. The summed E-state index contributed by atoms with van der Waals surface area (Å²) < 4.78 is 37.1. The van der Waals surface area contributed by atoms with Crippen LogP contribution in [0.1, 0.15) is 23.6 Å². The molecule has 6 aromatic carbocycles. The van der Waals surface area contributed by atoms with Gasteiger partial charge in [0.15, 0.2) is 0 Å². The van der Waals surface area contributed by atoms with E-state index in [9.17, 15) is 18.1 Å². The second-order valence-corrected chi connectivity index (χ2v) is 14.4. The van der Waals surface area contributed by atoms with Crippen LogP contribution in [-0.4, -0.2) is 29.9 Å². The lowest BCUT2D eigenvalue weighted by molar-refractivity contribution is -0.432. The van der Waals surface area contributed by atoms with Crippen molar-refractivity contribution >= 4 is 72.7 Å². The van der Waals surface area contributed by atoms with E-state index in [-0.39, 0.29) is 10.6 Å². The van der Waals surface area contributed by atoms with Crippen LogP contribution in [0.5, 0.6) is 5.75 Å². The minimum Gasteiger partial charge on any atom is -0.507 e. The predicted molar refractivity (Wildman–Crippen MR) is 210 cm³/mol.